The number of halogens is 1. The molecule has 11 heteroatoms. The second-order valence-corrected chi connectivity index (χ2v) is 8.25. The second-order valence-electron chi connectivity index (χ2n) is 3.97. The molecule has 1 rings (SSSR count). The van der Waals surface area contributed by atoms with Gasteiger partial charge in [0.1, 0.15) is 10.7 Å². The molecule has 0 saturated carbocycles. The highest BCUT2D eigenvalue weighted by Gasteiger charge is 2.32. The van der Waals surface area contributed by atoms with Crippen LogP contribution in [0.25, 0.3) is 0 Å². The summed E-state index contributed by atoms with van der Waals surface area (Å²) >= 11 is 5.66. The zero-order valence-electron chi connectivity index (χ0n) is 11.4. The first-order valence-electron chi connectivity index (χ1n) is 5.51. The number of ether oxygens (including phenoxy) is 1. The monoisotopic (exact) mass is 356 g/mol. The van der Waals surface area contributed by atoms with Crippen molar-refractivity contribution in [2.45, 2.75) is 6.92 Å². The lowest BCUT2D eigenvalue weighted by Crippen LogP contribution is -2.36. The molecular formula is C10H13ClN2O6S2. The first-order chi connectivity index (χ1) is 9.48. The summed E-state index contributed by atoms with van der Waals surface area (Å²) < 4.78 is 51.9. The van der Waals surface area contributed by atoms with Crippen molar-refractivity contribution in [3.8, 4) is 0 Å². The van der Waals surface area contributed by atoms with E-state index in [0.29, 0.717) is 12.5 Å². The van der Waals surface area contributed by atoms with Crippen LogP contribution >= 0.6 is 11.6 Å². The first-order valence-corrected chi connectivity index (χ1v) is 9.59. The van der Waals surface area contributed by atoms with Crippen LogP contribution in [0.5, 0.6) is 0 Å². The Balaban J connectivity index is 3.66. The van der Waals surface area contributed by atoms with Gasteiger partial charge in [-0.25, -0.2) is 26.6 Å². The van der Waals surface area contributed by atoms with Crippen molar-refractivity contribution in [3.63, 3.8) is 0 Å². The van der Waals surface area contributed by atoms with Gasteiger partial charge in [0.2, 0.25) is 20.0 Å². The maximum absolute atomic E-state index is 11.8. The van der Waals surface area contributed by atoms with Crippen LogP contribution < -0.4 is 3.71 Å². The Morgan fingerprint density at radius 1 is 1.29 bits per heavy atom. The van der Waals surface area contributed by atoms with Gasteiger partial charge in [0.05, 0.1) is 24.8 Å². The summed E-state index contributed by atoms with van der Waals surface area (Å²) in [5, 5.41) is -0.171. The van der Waals surface area contributed by atoms with Crippen molar-refractivity contribution in [2.75, 3.05) is 22.8 Å². The van der Waals surface area contributed by atoms with Gasteiger partial charge in [0.15, 0.2) is 0 Å². The molecule has 21 heavy (non-hydrogen) atoms. The quantitative estimate of drug-likeness (QED) is 0.562. The minimum absolute atomic E-state index is 0.0264. The fourth-order valence-corrected chi connectivity index (χ4v) is 4.68. The molecule has 0 aliphatic rings. The lowest BCUT2D eigenvalue weighted by atomic mass is 10.2. The number of carbonyl (C=O) groups excluding carboxylic acids is 1. The van der Waals surface area contributed by atoms with Gasteiger partial charge in [-0.2, -0.15) is 3.71 Å². The van der Waals surface area contributed by atoms with Crippen molar-refractivity contribution in [3.05, 3.63) is 23.0 Å². The molecule has 0 spiro atoms. The number of hydrogen-bond acceptors (Lipinski definition) is 7. The van der Waals surface area contributed by atoms with E-state index in [1.54, 1.807) is 6.92 Å². The van der Waals surface area contributed by atoms with Gasteiger partial charge in [0, 0.05) is 12.3 Å². The number of anilines is 1. The minimum Gasteiger partial charge on any atom is -0.462 e. The number of rotatable bonds is 5. The lowest BCUT2D eigenvalue weighted by Gasteiger charge is -2.21. The Labute approximate surface area is 127 Å². The van der Waals surface area contributed by atoms with E-state index in [0.717, 1.165) is 12.3 Å². The Hall–Kier alpha value is -1.39. The topological polar surface area (TPSA) is 111 Å². The summed E-state index contributed by atoms with van der Waals surface area (Å²) in [5.74, 6) is -0.908. The van der Waals surface area contributed by atoms with Crippen LogP contribution in [0.4, 0.5) is 5.69 Å². The van der Waals surface area contributed by atoms with E-state index < -0.39 is 31.7 Å². The normalized spacial score (nSPS) is 12.0. The van der Waals surface area contributed by atoms with Gasteiger partial charge >= 0.3 is 5.97 Å². The summed E-state index contributed by atoms with van der Waals surface area (Å²) in [6.45, 7) is 1.57. The van der Waals surface area contributed by atoms with E-state index in [4.69, 9.17) is 16.3 Å². The van der Waals surface area contributed by atoms with E-state index in [9.17, 15) is 21.6 Å². The number of sulfonamides is 2. The summed E-state index contributed by atoms with van der Waals surface area (Å²) in [7, 11) is -8.42. The minimum atomic E-state index is -4.21. The summed E-state index contributed by atoms with van der Waals surface area (Å²) in [5.41, 5.74) is -0.754. The smallest absolute Gasteiger partial charge is 0.341 e. The average Bonchev–Trinajstić information content (AvgIpc) is 2.25. The van der Waals surface area contributed by atoms with E-state index in [-0.39, 0.29) is 21.0 Å². The van der Waals surface area contributed by atoms with Crippen LogP contribution in [-0.2, 0) is 24.8 Å². The highest BCUT2D eigenvalue weighted by atomic mass is 35.5. The molecular weight excluding hydrogens is 344 g/mol. The number of pyridine rings is 1. The number of hydrogen-bond donors (Lipinski definition) is 0. The van der Waals surface area contributed by atoms with Gasteiger partial charge in [-0.3, -0.25) is 0 Å². The number of carbonyl (C=O) groups is 1. The summed E-state index contributed by atoms with van der Waals surface area (Å²) in [4.78, 5) is 15.5. The molecule has 0 aromatic carbocycles. The molecule has 1 aromatic rings. The molecule has 0 fully saturated rings. The molecule has 1 aromatic heterocycles. The predicted molar refractivity (Wildman–Crippen MR) is 77.4 cm³/mol. The number of aromatic nitrogens is 1. The molecule has 8 nitrogen and oxygen atoms in total. The molecule has 0 aliphatic carbocycles. The maximum atomic E-state index is 11.8. The van der Waals surface area contributed by atoms with Crippen LogP contribution in [0.1, 0.15) is 17.3 Å². The lowest BCUT2D eigenvalue weighted by molar-refractivity contribution is 0.0527. The van der Waals surface area contributed by atoms with Gasteiger partial charge < -0.3 is 4.74 Å². The largest absolute Gasteiger partial charge is 0.462 e. The Bertz CT molecular complexity index is 728. The van der Waals surface area contributed by atoms with Crippen molar-refractivity contribution in [1.29, 1.82) is 0 Å². The first kappa shape index (κ1) is 17.7. The molecule has 0 atom stereocenters. The maximum Gasteiger partial charge on any atom is 0.341 e. The third-order valence-electron chi connectivity index (χ3n) is 2.14. The molecule has 0 radical (unpaired) electrons. The Kier molecular flexibility index (Phi) is 5.18. The van der Waals surface area contributed by atoms with E-state index in [1.165, 1.54) is 0 Å². The van der Waals surface area contributed by atoms with Crippen molar-refractivity contribution in [1.82, 2.24) is 4.98 Å². The third kappa shape index (κ3) is 4.29. The molecule has 0 unspecified atom stereocenters. The van der Waals surface area contributed by atoms with E-state index in [1.807, 2.05) is 0 Å². The Morgan fingerprint density at radius 2 is 1.81 bits per heavy atom. The van der Waals surface area contributed by atoms with Crippen molar-refractivity contribution in [2.24, 2.45) is 0 Å². The highest BCUT2D eigenvalue weighted by molar-refractivity contribution is 8.09. The Morgan fingerprint density at radius 3 is 2.24 bits per heavy atom. The molecule has 1 heterocycles. The number of nitrogens with zero attached hydrogens (tertiary/aromatic N) is 2. The molecule has 0 N–H and O–H groups in total. The SMILES string of the molecule is CCOC(=O)c1cnc(Cl)cc1N(S(C)(=O)=O)S(C)(=O)=O. The van der Waals surface area contributed by atoms with Crippen LogP contribution in [-0.4, -0.2) is 46.9 Å². The van der Waals surface area contributed by atoms with Crippen molar-refractivity contribution >= 4 is 43.3 Å². The van der Waals surface area contributed by atoms with Gasteiger partial charge in [-0.15, -0.1) is 0 Å². The molecule has 118 valence electrons. The fraction of sp³-hybridized carbons (Fsp3) is 0.400. The zero-order chi connectivity index (χ0) is 16.4. The average molecular weight is 357 g/mol. The summed E-state index contributed by atoms with van der Waals surface area (Å²) in [6, 6.07) is 0.968. The predicted octanol–water partition coefficient (Wildman–Crippen LogP) is 0.637. The van der Waals surface area contributed by atoms with Crippen LogP contribution in [0, 0.1) is 0 Å². The second kappa shape index (κ2) is 6.16. The van der Waals surface area contributed by atoms with Gasteiger partial charge in [-0.05, 0) is 6.92 Å². The van der Waals surface area contributed by atoms with Gasteiger partial charge in [-0.1, -0.05) is 11.6 Å². The van der Waals surface area contributed by atoms with Gasteiger partial charge in [0.25, 0.3) is 0 Å². The van der Waals surface area contributed by atoms with Crippen LogP contribution in [0.3, 0.4) is 0 Å². The highest BCUT2D eigenvalue weighted by Crippen LogP contribution is 2.28. The van der Waals surface area contributed by atoms with E-state index in [2.05, 4.69) is 4.98 Å². The zero-order valence-corrected chi connectivity index (χ0v) is 13.8. The van der Waals surface area contributed by atoms with Crippen LogP contribution in [0.15, 0.2) is 12.3 Å². The van der Waals surface area contributed by atoms with E-state index >= 15 is 0 Å². The molecule has 0 aliphatic heterocycles. The van der Waals surface area contributed by atoms with Crippen molar-refractivity contribution < 1.29 is 26.4 Å². The summed E-state index contributed by atoms with van der Waals surface area (Å²) in [6.07, 6.45) is 2.34. The standard InChI is InChI=1S/C10H13ClN2O6S2/c1-4-19-10(14)7-6-12-9(11)5-8(7)13(20(2,15)16)21(3,17)18/h5-6H,4H2,1-3H3. The molecule has 0 saturated heterocycles. The number of esters is 1. The fourth-order valence-electron chi connectivity index (χ4n) is 1.54. The van der Waals surface area contributed by atoms with Crippen LogP contribution in [0.2, 0.25) is 5.15 Å². The molecule has 0 bridgehead atoms. The third-order valence-corrected chi connectivity index (χ3v) is 5.57. The molecule has 0 amide bonds.